The number of hydrogen-bond donors (Lipinski definition) is 1. The lowest BCUT2D eigenvalue weighted by Crippen LogP contribution is -2.75. The summed E-state index contributed by atoms with van der Waals surface area (Å²) >= 11 is 0. The summed E-state index contributed by atoms with van der Waals surface area (Å²) in [6, 6.07) is 84.7. The van der Waals surface area contributed by atoms with Crippen LogP contribution in [0.4, 0.5) is 17.1 Å². The van der Waals surface area contributed by atoms with Crippen LogP contribution in [-0.4, -0.2) is 8.07 Å². The van der Waals surface area contributed by atoms with Gasteiger partial charge in [0.25, 0.3) is 0 Å². The van der Waals surface area contributed by atoms with Crippen molar-refractivity contribution in [1.29, 1.82) is 0 Å². The van der Waals surface area contributed by atoms with Crippen LogP contribution < -0.4 is 31.0 Å². The minimum absolute atomic E-state index is 0.0174. The number of benzene rings is 10. The predicted octanol–water partition coefficient (Wildman–Crippen LogP) is 12.2. The first-order chi connectivity index (χ1) is 30.3. The lowest BCUT2D eigenvalue weighted by atomic mass is 9.91. The lowest BCUT2D eigenvalue weighted by Gasteiger charge is -2.49. The standard InChI is InChI=1S/C57H40N2OSi/c1-4-19-40(20-5-1)57-58-49-30-15-16-31-50(49)59(57)41-37-35-39(36-38-41)54-44-25-10-12-27-46(44)56(47-28-13-11-26-45(47)54)61(42-21-6-2-7-22-42,43-23-8-3-9-24-43)53-34-18-33-52-55(53)48-29-14-17-32-51(48)60-52/h1-38,57-58H/q-1. The van der Waals surface area contributed by atoms with Gasteiger partial charge in [-0.3, -0.25) is 0 Å². The summed E-state index contributed by atoms with van der Waals surface area (Å²) in [7, 11) is -3.17. The fourth-order valence-electron chi connectivity index (χ4n) is 10.3. The maximum Gasteiger partial charge on any atom is 0.135 e. The molecule has 1 N–H and O–H groups in total. The molecular weight excluding hydrogens is 757 g/mol. The number of anilines is 3. The third kappa shape index (κ3) is 5.43. The number of fused-ring (bicyclic) bond motifs is 6. The summed E-state index contributed by atoms with van der Waals surface area (Å²) in [5, 5.41) is 16.5. The highest BCUT2D eigenvalue weighted by Crippen LogP contribution is 2.47. The van der Waals surface area contributed by atoms with Crippen LogP contribution in [0.1, 0.15) is 11.7 Å². The molecule has 1 unspecified atom stereocenters. The number of para-hydroxylation sites is 3. The van der Waals surface area contributed by atoms with Gasteiger partial charge in [-0.2, -0.15) is 20.7 Å². The first-order valence-corrected chi connectivity index (χ1v) is 23.0. The molecule has 1 aromatic heterocycles. The molecule has 0 saturated heterocycles. The van der Waals surface area contributed by atoms with Gasteiger partial charge in [0.2, 0.25) is 0 Å². The van der Waals surface area contributed by atoms with Gasteiger partial charge in [0, 0.05) is 11.1 Å². The molecule has 0 saturated carbocycles. The summed E-state index contributed by atoms with van der Waals surface area (Å²) in [5.74, 6) is 0. The van der Waals surface area contributed by atoms with Crippen LogP contribution in [0.3, 0.4) is 0 Å². The second-order valence-electron chi connectivity index (χ2n) is 16.0. The highest BCUT2D eigenvalue weighted by Gasteiger charge is 2.35. The minimum Gasteiger partial charge on any atom is -0.456 e. The fraction of sp³-hybridized carbons (Fsp3) is 0.0175. The van der Waals surface area contributed by atoms with E-state index in [-0.39, 0.29) is 6.17 Å². The summed E-state index contributed by atoms with van der Waals surface area (Å²) in [6.45, 7) is 0. The number of furan rings is 1. The molecule has 0 fully saturated rings. The van der Waals surface area contributed by atoms with Gasteiger partial charge in [0.15, 0.2) is 0 Å². The third-order valence-electron chi connectivity index (χ3n) is 12.8. The van der Waals surface area contributed by atoms with Crippen molar-refractivity contribution in [3.8, 4) is 11.1 Å². The molecule has 0 radical (unpaired) electrons. The fourth-order valence-corrected chi connectivity index (χ4v) is 15.7. The molecule has 1 aliphatic rings. The average molecular weight is 797 g/mol. The van der Waals surface area contributed by atoms with Crippen molar-refractivity contribution < 1.29 is 4.42 Å². The molecule has 0 spiro atoms. The topological polar surface area (TPSA) is 28.4 Å². The zero-order chi connectivity index (χ0) is 40.3. The van der Waals surface area contributed by atoms with Crippen molar-refractivity contribution in [2.75, 3.05) is 10.2 Å². The third-order valence-corrected chi connectivity index (χ3v) is 17.7. The first-order valence-electron chi connectivity index (χ1n) is 21.0. The Kier molecular flexibility index (Phi) is 8.25. The van der Waals surface area contributed by atoms with E-state index in [9.17, 15) is 0 Å². The average Bonchev–Trinajstić information content (AvgIpc) is 3.92. The monoisotopic (exact) mass is 796 g/mol. The maximum atomic E-state index is 6.66. The molecule has 0 amide bonds. The predicted molar refractivity (Wildman–Crippen MR) is 259 cm³/mol. The zero-order valence-corrected chi connectivity index (χ0v) is 34.4. The van der Waals surface area contributed by atoms with Gasteiger partial charge >= 0.3 is 0 Å². The van der Waals surface area contributed by atoms with Gasteiger partial charge in [0.1, 0.15) is 17.3 Å². The second-order valence-corrected chi connectivity index (χ2v) is 19.7. The SMILES string of the molecule is c1ccc(C2Nc3ccccc3N2c2ccc(-c3c4ccccc4c([Si-](c4ccccc4)(c4ccccc4)c4cccc5oc6ccccc6c45)c4ccccc34)cc2)cc1. The lowest BCUT2D eigenvalue weighted by molar-refractivity contribution is 0.669. The number of hydrogen-bond acceptors (Lipinski definition) is 3. The first kappa shape index (κ1) is 35.3. The van der Waals surface area contributed by atoms with Gasteiger partial charge in [0.05, 0.1) is 11.4 Å². The molecule has 11 aromatic rings. The Labute approximate surface area is 355 Å². The summed E-state index contributed by atoms with van der Waals surface area (Å²) in [5.41, 5.74) is 8.93. The Morgan fingerprint density at radius 1 is 0.426 bits per heavy atom. The summed E-state index contributed by atoms with van der Waals surface area (Å²) in [6.07, 6.45) is -0.0174. The molecule has 1 atom stereocenters. The van der Waals surface area contributed by atoms with E-state index in [1.807, 2.05) is 0 Å². The van der Waals surface area contributed by atoms with Crippen LogP contribution in [0.25, 0.3) is 54.6 Å². The van der Waals surface area contributed by atoms with Gasteiger partial charge in [-0.25, -0.2) is 0 Å². The van der Waals surface area contributed by atoms with E-state index >= 15 is 0 Å². The Bertz CT molecular complexity index is 3300. The summed E-state index contributed by atoms with van der Waals surface area (Å²) < 4.78 is 6.66. The van der Waals surface area contributed by atoms with Crippen LogP contribution in [0, 0.1) is 0 Å². The van der Waals surface area contributed by atoms with Crippen molar-refractivity contribution >= 4 is 89.4 Å². The van der Waals surface area contributed by atoms with E-state index in [1.165, 1.54) is 70.1 Å². The number of nitrogens with zero attached hydrogens (tertiary/aromatic N) is 1. The van der Waals surface area contributed by atoms with Crippen LogP contribution in [0.5, 0.6) is 0 Å². The minimum atomic E-state index is -3.17. The Balaban J connectivity index is 1.15. The van der Waals surface area contributed by atoms with Gasteiger partial charge in [-0.15, -0.1) is 0 Å². The van der Waals surface area contributed by atoms with Crippen molar-refractivity contribution in [1.82, 2.24) is 0 Å². The van der Waals surface area contributed by atoms with Crippen LogP contribution in [-0.2, 0) is 0 Å². The van der Waals surface area contributed by atoms with Crippen molar-refractivity contribution in [3.05, 3.63) is 236 Å². The highest BCUT2D eigenvalue weighted by atomic mass is 28.3. The van der Waals surface area contributed by atoms with E-state index in [1.54, 1.807) is 0 Å². The van der Waals surface area contributed by atoms with Gasteiger partial charge in [-0.05, 0) is 88.1 Å². The van der Waals surface area contributed by atoms with E-state index in [0.29, 0.717) is 0 Å². The molecule has 4 heteroatoms. The van der Waals surface area contributed by atoms with Crippen LogP contribution in [0.15, 0.2) is 235 Å². The molecule has 12 rings (SSSR count). The van der Waals surface area contributed by atoms with E-state index in [0.717, 1.165) is 27.9 Å². The van der Waals surface area contributed by atoms with Crippen molar-refractivity contribution in [3.63, 3.8) is 0 Å². The Morgan fingerprint density at radius 3 is 1.61 bits per heavy atom. The zero-order valence-electron chi connectivity index (χ0n) is 33.4. The van der Waals surface area contributed by atoms with Crippen molar-refractivity contribution in [2.45, 2.75) is 6.17 Å². The van der Waals surface area contributed by atoms with Crippen molar-refractivity contribution in [2.24, 2.45) is 0 Å². The molecular formula is C57H40N2OSi-. The Morgan fingerprint density at radius 2 is 0.951 bits per heavy atom. The molecule has 0 bridgehead atoms. The molecule has 2 heterocycles. The number of nitrogens with one attached hydrogen (secondary N) is 1. The van der Waals surface area contributed by atoms with Crippen LogP contribution in [0.2, 0.25) is 0 Å². The smallest absolute Gasteiger partial charge is 0.135 e. The molecule has 0 aliphatic carbocycles. The quantitative estimate of drug-likeness (QED) is 0.0989. The van der Waals surface area contributed by atoms with E-state index < -0.39 is 8.07 Å². The largest absolute Gasteiger partial charge is 0.456 e. The molecule has 61 heavy (non-hydrogen) atoms. The second kappa shape index (κ2) is 14.3. The normalized spacial score (nSPS) is 13.8. The van der Waals surface area contributed by atoms with Gasteiger partial charge < -0.3 is 14.6 Å². The summed E-state index contributed by atoms with van der Waals surface area (Å²) in [4.78, 5) is 2.42. The maximum absolute atomic E-state index is 6.66. The molecule has 289 valence electrons. The molecule has 3 nitrogen and oxygen atoms in total. The number of rotatable bonds is 7. The van der Waals surface area contributed by atoms with Crippen LogP contribution >= 0.6 is 0 Å². The molecule has 1 aliphatic heterocycles. The molecule has 10 aromatic carbocycles. The Hall–Kier alpha value is -7.66. The van der Waals surface area contributed by atoms with E-state index in [2.05, 4.69) is 241 Å². The van der Waals surface area contributed by atoms with E-state index in [4.69, 9.17) is 4.42 Å². The van der Waals surface area contributed by atoms with Gasteiger partial charge in [-0.1, -0.05) is 194 Å². The highest BCUT2D eigenvalue weighted by molar-refractivity contribution is 7.22.